The van der Waals surface area contributed by atoms with Crippen LogP contribution in [0.15, 0.2) is 47.3 Å². The van der Waals surface area contributed by atoms with Crippen molar-refractivity contribution in [1.82, 2.24) is 9.13 Å². The third-order valence-corrected chi connectivity index (χ3v) is 3.43. The number of imidazole rings is 1. The van der Waals surface area contributed by atoms with E-state index in [4.69, 9.17) is 10.5 Å². The van der Waals surface area contributed by atoms with Crippen LogP contribution in [0.25, 0.3) is 16.7 Å². The number of aryl methyl sites for hydroxylation is 1. The monoisotopic (exact) mass is 269 g/mol. The summed E-state index contributed by atoms with van der Waals surface area (Å²) in [7, 11) is 3.32. The maximum absolute atomic E-state index is 12.4. The van der Waals surface area contributed by atoms with E-state index in [0.717, 1.165) is 16.7 Å². The Morgan fingerprint density at radius 2 is 1.80 bits per heavy atom. The highest BCUT2D eigenvalue weighted by molar-refractivity contribution is 5.78. The van der Waals surface area contributed by atoms with Crippen molar-refractivity contribution in [3.05, 3.63) is 52.9 Å². The Morgan fingerprint density at radius 1 is 1.10 bits per heavy atom. The summed E-state index contributed by atoms with van der Waals surface area (Å²) < 4.78 is 8.41. The van der Waals surface area contributed by atoms with E-state index >= 15 is 0 Å². The molecule has 0 saturated carbocycles. The lowest BCUT2D eigenvalue weighted by molar-refractivity contribution is 0.417. The zero-order chi connectivity index (χ0) is 14.3. The Hall–Kier alpha value is -2.69. The van der Waals surface area contributed by atoms with E-state index in [0.29, 0.717) is 11.4 Å². The number of hydrogen-bond donors (Lipinski definition) is 1. The molecule has 0 saturated heterocycles. The first kappa shape index (κ1) is 12.3. The highest BCUT2D eigenvalue weighted by Gasteiger charge is 2.12. The second kappa shape index (κ2) is 4.45. The maximum atomic E-state index is 12.4. The molecule has 1 aromatic heterocycles. The topological polar surface area (TPSA) is 62.2 Å². The van der Waals surface area contributed by atoms with Gasteiger partial charge in [-0.15, -0.1) is 0 Å². The molecule has 0 fully saturated rings. The van der Waals surface area contributed by atoms with E-state index < -0.39 is 0 Å². The van der Waals surface area contributed by atoms with Gasteiger partial charge >= 0.3 is 5.69 Å². The Balaban J connectivity index is 2.32. The lowest BCUT2D eigenvalue weighted by Crippen LogP contribution is -2.20. The van der Waals surface area contributed by atoms with Crippen molar-refractivity contribution in [1.29, 1.82) is 0 Å². The predicted octanol–water partition coefficient (Wildman–Crippen LogP) is 1.92. The minimum absolute atomic E-state index is 0.101. The molecule has 0 bridgehead atoms. The number of rotatable bonds is 2. The molecule has 0 aliphatic heterocycles. The van der Waals surface area contributed by atoms with Gasteiger partial charge in [0.15, 0.2) is 0 Å². The second-order valence-electron chi connectivity index (χ2n) is 4.59. The number of nitrogens with two attached hydrogens (primary N) is 1. The summed E-state index contributed by atoms with van der Waals surface area (Å²) >= 11 is 0. The zero-order valence-electron chi connectivity index (χ0n) is 11.3. The minimum Gasteiger partial charge on any atom is -0.495 e. The summed E-state index contributed by atoms with van der Waals surface area (Å²) in [6, 6.07) is 13.0. The Morgan fingerprint density at radius 3 is 2.45 bits per heavy atom. The molecule has 0 atom stereocenters. The minimum atomic E-state index is -0.101. The molecule has 20 heavy (non-hydrogen) atoms. The van der Waals surface area contributed by atoms with Crippen molar-refractivity contribution in [2.24, 2.45) is 7.05 Å². The average Bonchev–Trinajstić information content (AvgIpc) is 2.71. The van der Waals surface area contributed by atoms with Crippen LogP contribution >= 0.6 is 0 Å². The summed E-state index contributed by atoms with van der Waals surface area (Å²) in [6.45, 7) is 0. The molecule has 0 spiro atoms. The van der Waals surface area contributed by atoms with E-state index in [-0.39, 0.29) is 5.69 Å². The summed E-state index contributed by atoms with van der Waals surface area (Å²) in [4.78, 5) is 12.4. The second-order valence-corrected chi connectivity index (χ2v) is 4.59. The molecule has 5 nitrogen and oxygen atoms in total. The zero-order valence-corrected chi connectivity index (χ0v) is 11.3. The first-order valence-electron chi connectivity index (χ1n) is 6.24. The van der Waals surface area contributed by atoms with Gasteiger partial charge in [-0.2, -0.15) is 0 Å². The van der Waals surface area contributed by atoms with Gasteiger partial charge in [0.2, 0.25) is 0 Å². The van der Waals surface area contributed by atoms with Gasteiger partial charge in [-0.05, 0) is 30.3 Å². The van der Waals surface area contributed by atoms with Crippen LogP contribution in [0, 0.1) is 0 Å². The number of anilines is 1. The van der Waals surface area contributed by atoms with Crippen molar-refractivity contribution in [2.75, 3.05) is 12.8 Å². The van der Waals surface area contributed by atoms with Crippen LogP contribution in [0.3, 0.4) is 0 Å². The molecule has 0 radical (unpaired) electrons. The standard InChI is InChI=1S/C15H15N3O2/c1-17-12-5-3-4-6-13(12)18(15(17)19)10-7-8-14(20-2)11(16)9-10/h3-9H,16H2,1-2H3. The Kier molecular flexibility index (Phi) is 2.75. The van der Waals surface area contributed by atoms with Gasteiger partial charge < -0.3 is 10.5 Å². The molecule has 3 rings (SSSR count). The summed E-state index contributed by atoms with van der Waals surface area (Å²) in [5, 5.41) is 0. The van der Waals surface area contributed by atoms with Crippen molar-refractivity contribution in [3.63, 3.8) is 0 Å². The van der Waals surface area contributed by atoms with E-state index in [1.165, 1.54) is 0 Å². The molecule has 0 unspecified atom stereocenters. The van der Waals surface area contributed by atoms with Crippen molar-refractivity contribution < 1.29 is 4.74 Å². The number of nitrogen functional groups attached to an aromatic ring is 1. The number of ether oxygens (including phenoxy) is 1. The number of benzene rings is 2. The lowest BCUT2D eigenvalue weighted by atomic mass is 10.2. The van der Waals surface area contributed by atoms with Crippen molar-refractivity contribution in [2.45, 2.75) is 0 Å². The van der Waals surface area contributed by atoms with Crippen LogP contribution in [-0.4, -0.2) is 16.2 Å². The molecule has 3 aromatic rings. The molecule has 102 valence electrons. The van der Waals surface area contributed by atoms with Gasteiger partial charge in [0.25, 0.3) is 0 Å². The number of fused-ring (bicyclic) bond motifs is 1. The molecule has 2 N–H and O–H groups in total. The van der Waals surface area contributed by atoms with E-state index in [1.807, 2.05) is 30.3 Å². The van der Waals surface area contributed by atoms with Crippen LogP contribution in [0.5, 0.6) is 5.75 Å². The fraction of sp³-hybridized carbons (Fsp3) is 0.133. The number of aromatic nitrogens is 2. The van der Waals surface area contributed by atoms with Crippen molar-refractivity contribution in [3.8, 4) is 11.4 Å². The van der Waals surface area contributed by atoms with E-state index in [9.17, 15) is 4.79 Å². The molecule has 1 heterocycles. The quantitative estimate of drug-likeness (QED) is 0.723. The Labute approximate surface area is 115 Å². The van der Waals surface area contributed by atoms with Gasteiger partial charge in [-0.1, -0.05) is 12.1 Å². The fourth-order valence-electron chi connectivity index (χ4n) is 2.40. The third-order valence-electron chi connectivity index (χ3n) is 3.43. The lowest BCUT2D eigenvalue weighted by Gasteiger charge is -2.08. The van der Waals surface area contributed by atoms with Crippen LogP contribution in [0.2, 0.25) is 0 Å². The number of methoxy groups -OCH3 is 1. The van der Waals surface area contributed by atoms with Gasteiger partial charge in [-0.25, -0.2) is 4.79 Å². The highest BCUT2D eigenvalue weighted by Crippen LogP contribution is 2.25. The van der Waals surface area contributed by atoms with E-state index in [1.54, 1.807) is 35.4 Å². The molecular formula is C15H15N3O2. The van der Waals surface area contributed by atoms with Crippen LogP contribution in [0.4, 0.5) is 5.69 Å². The normalized spacial score (nSPS) is 10.9. The van der Waals surface area contributed by atoms with Crippen molar-refractivity contribution >= 4 is 16.7 Å². The SMILES string of the molecule is COc1ccc(-n2c(=O)n(C)c3ccccc32)cc1N. The van der Waals surface area contributed by atoms with Gasteiger partial charge in [0, 0.05) is 7.05 Å². The average molecular weight is 269 g/mol. The summed E-state index contributed by atoms with van der Waals surface area (Å²) in [5.74, 6) is 0.599. The van der Waals surface area contributed by atoms with Gasteiger partial charge in [0.05, 0.1) is 29.5 Å². The predicted molar refractivity (Wildman–Crippen MR) is 79.5 cm³/mol. The van der Waals surface area contributed by atoms with E-state index in [2.05, 4.69) is 0 Å². The molecule has 2 aromatic carbocycles. The largest absolute Gasteiger partial charge is 0.495 e. The maximum Gasteiger partial charge on any atom is 0.333 e. The molecule has 0 amide bonds. The molecular weight excluding hydrogens is 254 g/mol. The first-order chi connectivity index (χ1) is 9.63. The fourth-order valence-corrected chi connectivity index (χ4v) is 2.40. The van der Waals surface area contributed by atoms with Crippen LogP contribution in [0.1, 0.15) is 0 Å². The first-order valence-corrected chi connectivity index (χ1v) is 6.24. The Bertz CT molecular complexity index is 846. The molecule has 0 aliphatic rings. The summed E-state index contributed by atoms with van der Waals surface area (Å²) in [6.07, 6.45) is 0. The number of nitrogens with zero attached hydrogens (tertiary/aromatic N) is 2. The molecule has 5 heteroatoms. The van der Waals surface area contributed by atoms with Gasteiger partial charge in [-0.3, -0.25) is 9.13 Å². The highest BCUT2D eigenvalue weighted by atomic mass is 16.5. The summed E-state index contributed by atoms with van der Waals surface area (Å²) in [5.41, 5.74) is 8.79. The number of para-hydroxylation sites is 2. The van der Waals surface area contributed by atoms with Gasteiger partial charge in [0.1, 0.15) is 5.75 Å². The third kappa shape index (κ3) is 1.67. The smallest absolute Gasteiger partial charge is 0.333 e. The van der Waals surface area contributed by atoms with Crippen LogP contribution in [-0.2, 0) is 7.05 Å². The molecule has 0 aliphatic carbocycles. The number of hydrogen-bond acceptors (Lipinski definition) is 3. The van der Waals surface area contributed by atoms with Crippen LogP contribution < -0.4 is 16.2 Å².